The number of rotatable bonds is 6. The molecule has 2 heterocycles. The summed E-state index contributed by atoms with van der Waals surface area (Å²) in [6.07, 6.45) is 2.60. The van der Waals surface area contributed by atoms with E-state index in [0.717, 1.165) is 5.56 Å². The van der Waals surface area contributed by atoms with Crippen LogP contribution in [0.25, 0.3) is 10.9 Å². The molecule has 34 heavy (non-hydrogen) atoms. The number of benzene rings is 2. The fourth-order valence-corrected chi connectivity index (χ4v) is 4.53. The molecule has 0 unspecified atom stereocenters. The summed E-state index contributed by atoms with van der Waals surface area (Å²) >= 11 is 0. The molecule has 1 aromatic heterocycles. The van der Waals surface area contributed by atoms with Crippen LogP contribution in [-0.2, 0) is 16.1 Å². The number of carbonyl (C=O) groups excluding carboxylic acids is 2. The predicted molar refractivity (Wildman–Crippen MR) is 131 cm³/mol. The number of aliphatic hydroxyl groups is 1. The average Bonchev–Trinajstić information content (AvgIpc) is 2.82. The second-order valence-corrected chi connectivity index (χ2v) is 9.18. The first-order valence-electron chi connectivity index (χ1n) is 11.6. The molecule has 0 aliphatic carbocycles. The van der Waals surface area contributed by atoms with Crippen molar-refractivity contribution in [3.63, 3.8) is 0 Å². The molecule has 0 bridgehead atoms. The van der Waals surface area contributed by atoms with Gasteiger partial charge in [0.15, 0.2) is 0 Å². The lowest BCUT2D eigenvalue weighted by Gasteiger charge is -2.38. The zero-order valence-electron chi connectivity index (χ0n) is 19.5. The number of para-hydroxylation sites is 1. The number of piperidine rings is 1. The van der Waals surface area contributed by atoms with E-state index in [1.807, 2.05) is 37.3 Å². The largest absolute Gasteiger partial charge is 0.388 e. The summed E-state index contributed by atoms with van der Waals surface area (Å²) in [4.78, 5) is 43.5. The molecule has 2 aromatic carbocycles. The van der Waals surface area contributed by atoms with Crippen molar-refractivity contribution in [2.24, 2.45) is 0 Å². The van der Waals surface area contributed by atoms with Crippen LogP contribution >= 0.6 is 0 Å². The molecule has 3 aromatic rings. The molecule has 2 N–H and O–H groups in total. The van der Waals surface area contributed by atoms with Gasteiger partial charge in [0.2, 0.25) is 11.8 Å². The number of carbonyl (C=O) groups is 2. The Bertz CT molecular complexity index is 1250. The highest BCUT2D eigenvalue weighted by Crippen LogP contribution is 2.27. The highest BCUT2D eigenvalue weighted by atomic mass is 16.3. The van der Waals surface area contributed by atoms with E-state index in [9.17, 15) is 19.5 Å². The van der Waals surface area contributed by atoms with Gasteiger partial charge >= 0.3 is 0 Å². The van der Waals surface area contributed by atoms with Crippen LogP contribution in [0.3, 0.4) is 0 Å². The van der Waals surface area contributed by atoms with E-state index in [0.29, 0.717) is 48.9 Å². The normalized spacial score (nSPS) is 16.3. The molecule has 1 aliphatic rings. The van der Waals surface area contributed by atoms with E-state index in [2.05, 4.69) is 10.3 Å². The van der Waals surface area contributed by atoms with E-state index in [1.165, 1.54) is 17.8 Å². The van der Waals surface area contributed by atoms with E-state index in [-0.39, 0.29) is 29.8 Å². The summed E-state index contributed by atoms with van der Waals surface area (Å²) < 4.78 is 1.41. The van der Waals surface area contributed by atoms with Crippen LogP contribution < -0.4 is 10.9 Å². The highest BCUT2D eigenvalue weighted by Gasteiger charge is 2.35. The summed E-state index contributed by atoms with van der Waals surface area (Å²) in [6.45, 7) is 4.43. The van der Waals surface area contributed by atoms with Crippen molar-refractivity contribution in [2.45, 2.75) is 51.2 Å². The van der Waals surface area contributed by atoms with Crippen molar-refractivity contribution in [3.8, 4) is 0 Å². The molecule has 1 atom stereocenters. The highest BCUT2D eigenvalue weighted by molar-refractivity contribution is 5.99. The number of anilines is 1. The number of hydrogen-bond acceptors (Lipinski definition) is 5. The van der Waals surface area contributed by atoms with Gasteiger partial charge in [-0.25, -0.2) is 4.98 Å². The van der Waals surface area contributed by atoms with Crippen LogP contribution in [0, 0.1) is 0 Å². The molecule has 0 saturated carbocycles. The first kappa shape index (κ1) is 23.6. The van der Waals surface area contributed by atoms with Gasteiger partial charge in [-0.2, -0.15) is 0 Å². The van der Waals surface area contributed by atoms with Gasteiger partial charge in [-0.3, -0.25) is 19.0 Å². The van der Waals surface area contributed by atoms with Crippen molar-refractivity contribution in [1.29, 1.82) is 0 Å². The molecule has 1 saturated heterocycles. The molecule has 178 valence electrons. The molecule has 2 amide bonds. The van der Waals surface area contributed by atoms with E-state index < -0.39 is 5.60 Å². The van der Waals surface area contributed by atoms with Gasteiger partial charge < -0.3 is 15.3 Å². The summed E-state index contributed by atoms with van der Waals surface area (Å²) in [5.41, 5.74) is 0.648. The van der Waals surface area contributed by atoms with Crippen LogP contribution in [-0.4, -0.2) is 50.1 Å². The number of aromatic nitrogens is 2. The van der Waals surface area contributed by atoms with Crippen molar-refractivity contribution >= 4 is 28.4 Å². The summed E-state index contributed by atoms with van der Waals surface area (Å²) in [7, 11) is 0. The van der Waals surface area contributed by atoms with E-state index in [4.69, 9.17) is 0 Å². The molecular weight excluding hydrogens is 432 g/mol. The average molecular weight is 463 g/mol. The molecular formula is C26H30N4O4. The number of nitrogens with one attached hydrogen (secondary N) is 1. The number of hydrogen-bond donors (Lipinski definition) is 2. The lowest BCUT2D eigenvalue weighted by atomic mass is 9.90. The lowest BCUT2D eigenvalue weighted by molar-refractivity contribution is -0.136. The fourth-order valence-electron chi connectivity index (χ4n) is 4.53. The number of nitrogens with zero attached hydrogens (tertiary/aromatic N) is 3. The van der Waals surface area contributed by atoms with Gasteiger partial charge in [-0.05, 0) is 36.5 Å². The Morgan fingerprint density at radius 2 is 1.82 bits per heavy atom. The summed E-state index contributed by atoms with van der Waals surface area (Å²) in [5.74, 6) is -0.0418. The molecule has 4 rings (SSSR count). The Hall–Kier alpha value is -3.52. The van der Waals surface area contributed by atoms with Crippen molar-refractivity contribution < 1.29 is 14.7 Å². The van der Waals surface area contributed by atoms with Gasteiger partial charge in [-0.1, -0.05) is 43.3 Å². The van der Waals surface area contributed by atoms with E-state index in [1.54, 1.807) is 23.1 Å². The Morgan fingerprint density at radius 3 is 2.50 bits per heavy atom. The van der Waals surface area contributed by atoms with Crippen LogP contribution in [0.15, 0.2) is 59.7 Å². The third kappa shape index (κ3) is 5.17. The monoisotopic (exact) mass is 462 g/mol. The minimum atomic E-state index is -1.10. The summed E-state index contributed by atoms with van der Waals surface area (Å²) in [5, 5.41) is 14.2. The smallest absolute Gasteiger partial charge is 0.261 e. The minimum Gasteiger partial charge on any atom is -0.388 e. The second kappa shape index (κ2) is 9.77. The third-order valence-electron chi connectivity index (χ3n) is 6.53. The Morgan fingerprint density at radius 1 is 1.12 bits per heavy atom. The van der Waals surface area contributed by atoms with Crippen LogP contribution in [0.2, 0.25) is 0 Å². The zero-order chi connectivity index (χ0) is 24.3. The standard InChI is InChI=1S/C26H30N4O4/c1-18(20-7-4-3-5-8-20)15-23(32)29-13-11-26(34,12-14-29)16-30-17-27-24-21(25(30)33)9-6-10-22(24)28-19(2)31/h3-10,17-18,34H,11-16H2,1-2H3,(H,28,31)/t18-/m1/s1. The van der Waals surface area contributed by atoms with Gasteiger partial charge in [0.25, 0.3) is 5.56 Å². The maximum Gasteiger partial charge on any atom is 0.261 e. The molecule has 8 nitrogen and oxygen atoms in total. The van der Waals surface area contributed by atoms with Gasteiger partial charge in [0.05, 0.1) is 29.5 Å². The quantitative estimate of drug-likeness (QED) is 0.586. The molecule has 1 aliphatic heterocycles. The van der Waals surface area contributed by atoms with Gasteiger partial charge in [-0.15, -0.1) is 0 Å². The van der Waals surface area contributed by atoms with Gasteiger partial charge in [0, 0.05) is 26.4 Å². The second-order valence-electron chi connectivity index (χ2n) is 9.18. The minimum absolute atomic E-state index is 0.0773. The maximum absolute atomic E-state index is 13.0. The van der Waals surface area contributed by atoms with Gasteiger partial charge in [0.1, 0.15) is 5.52 Å². The lowest BCUT2D eigenvalue weighted by Crippen LogP contribution is -2.49. The Labute approximate surface area is 198 Å². The molecule has 8 heteroatoms. The molecule has 1 fully saturated rings. The molecule has 0 radical (unpaired) electrons. The van der Waals surface area contributed by atoms with Crippen molar-refractivity contribution in [3.05, 3.63) is 70.8 Å². The van der Waals surface area contributed by atoms with Crippen LogP contribution in [0.1, 0.15) is 44.6 Å². The topological polar surface area (TPSA) is 105 Å². The van der Waals surface area contributed by atoms with E-state index >= 15 is 0 Å². The number of amides is 2. The van der Waals surface area contributed by atoms with Crippen LogP contribution in [0.4, 0.5) is 5.69 Å². The molecule has 0 spiro atoms. The summed E-state index contributed by atoms with van der Waals surface area (Å²) in [6, 6.07) is 15.0. The Kier molecular flexibility index (Phi) is 6.79. The Balaban J connectivity index is 1.42. The SMILES string of the molecule is CC(=O)Nc1cccc2c(=O)n(CC3(O)CCN(C(=O)C[C@@H](C)c4ccccc4)CC3)cnc12. The first-order valence-corrected chi connectivity index (χ1v) is 11.6. The fraction of sp³-hybridized carbons (Fsp3) is 0.385. The first-order chi connectivity index (χ1) is 16.3. The number of fused-ring (bicyclic) bond motifs is 1. The zero-order valence-corrected chi connectivity index (χ0v) is 19.5. The van der Waals surface area contributed by atoms with Crippen molar-refractivity contribution in [2.75, 3.05) is 18.4 Å². The predicted octanol–water partition coefficient (Wildman–Crippen LogP) is 2.90. The third-order valence-corrected chi connectivity index (χ3v) is 6.53. The maximum atomic E-state index is 13.0. The number of likely N-dealkylation sites (tertiary alicyclic amines) is 1. The van der Waals surface area contributed by atoms with Crippen molar-refractivity contribution in [1.82, 2.24) is 14.5 Å². The van der Waals surface area contributed by atoms with Crippen LogP contribution in [0.5, 0.6) is 0 Å².